The van der Waals surface area contributed by atoms with Crippen LogP contribution in [0.2, 0.25) is 0 Å². The molecule has 4 heterocycles. The Hall–Kier alpha value is -3.29. The maximum absolute atomic E-state index is 15.2. The summed E-state index contributed by atoms with van der Waals surface area (Å²) in [5.74, 6) is -1.33. The van der Waals surface area contributed by atoms with E-state index in [0.717, 1.165) is 6.42 Å². The molecule has 1 aliphatic carbocycles. The number of fused-ring (bicyclic) bond motifs is 3. The van der Waals surface area contributed by atoms with Crippen LogP contribution < -0.4 is 5.73 Å². The van der Waals surface area contributed by atoms with Gasteiger partial charge in [0.2, 0.25) is 5.91 Å². The van der Waals surface area contributed by atoms with Crippen LogP contribution in [-0.4, -0.2) is 51.0 Å². The lowest BCUT2D eigenvalue weighted by Crippen LogP contribution is -2.50. The summed E-state index contributed by atoms with van der Waals surface area (Å²) in [6.45, 7) is 2.91. The zero-order chi connectivity index (χ0) is 25.2. The second kappa shape index (κ2) is 8.11. The number of carbonyl (C=O) groups excluding carboxylic acids is 1. The molecule has 1 aromatic carbocycles. The van der Waals surface area contributed by atoms with Gasteiger partial charge < -0.3 is 15.4 Å². The van der Waals surface area contributed by atoms with E-state index in [4.69, 9.17) is 15.7 Å². The lowest BCUT2D eigenvalue weighted by molar-refractivity contribution is -0.136. The fraction of sp³-hybridized carbons (Fsp3) is 0.385. The second-order valence-corrected chi connectivity index (χ2v) is 11.3. The number of rotatable bonds is 4. The van der Waals surface area contributed by atoms with Gasteiger partial charge in [-0.15, -0.1) is 0 Å². The van der Waals surface area contributed by atoms with E-state index in [1.54, 1.807) is 13.0 Å². The normalized spacial score (nSPS) is 32.6. The van der Waals surface area contributed by atoms with Crippen LogP contribution in [0.4, 0.5) is 8.78 Å². The van der Waals surface area contributed by atoms with Gasteiger partial charge in [-0.2, -0.15) is 5.26 Å². The van der Waals surface area contributed by atoms with Gasteiger partial charge in [-0.1, -0.05) is 17.8 Å². The molecule has 3 aliphatic heterocycles. The molecule has 4 aliphatic rings. The van der Waals surface area contributed by atoms with E-state index >= 15 is 4.39 Å². The number of nitriles is 1. The number of aliphatic imine (C=N–C) groups is 1. The van der Waals surface area contributed by atoms with Gasteiger partial charge in [0.05, 0.1) is 35.5 Å². The number of thioether (sulfide) groups is 1. The third-order valence-corrected chi connectivity index (χ3v) is 9.00. The van der Waals surface area contributed by atoms with Crippen LogP contribution >= 0.6 is 11.8 Å². The van der Waals surface area contributed by atoms with Crippen molar-refractivity contribution in [2.45, 2.75) is 42.2 Å². The van der Waals surface area contributed by atoms with Gasteiger partial charge in [-0.3, -0.25) is 14.8 Å². The van der Waals surface area contributed by atoms with E-state index in [0.29, 0.717) is 30.7 Å². The summed E-state index contributed by atoms with van der Waals surface area (Å²) in [7, 11) is 0. The molecule has 36 heavy (non-hydrogen) atoms. The highest BCUT2D eigenvalue weighted by atomic mass is 32.2. The van der Waals surface area contributed by atoms with Crippen LogP contribution in [0.5, 0.6) is 0 Å². The second-order valence-electron chi connectivity index (χ2n) is 9.92. The van der Waals surface area contributed by atoms with Gasteiger partial charge in [-0.25, -0.2) is 8.78 Å². The summed E-state index contributed by atoms with van der Waals surface area (Å²) in [6, 6.07) is 9.23. The number of ether oxygens (including phenoxy) is 1. The first-order chi connectivity index (χ1) is 17.2. The predicted molar refractivity (Wildman–Crippen MR) is 132 cm³/mol. The number of amides is 1. The first-order valence-corrected chi connectivity index (χ1v) is 12.6. The van der Waals surface area contributed by atoms with Crippen molar-refractivity contribution in [1.82, 2.24) is 9.88 Å². The van der Waals surface area contributed by atoms with E-state index < -0.39 is 21.9 Å². The number of hydrogen-bond acceptors (Lipinski definition) is 7. The molecule has 2 bridgehead atoms. The lowest BCUT2D eigenvalue weighted by Gasteiger charge is -2.37. The molecule has 3 fully saturated rings. The van der Waals surface area contributed by atoms with Crippen molar-refractivity contribution in [2.24, 2.45) is 16.6 Å². The van der Waals surface area contributed by atoms with Crippen LogP contribution in [0.15, 0.2) is 41.5 Å². The molecule has 5 atom stereocenters. The summed E-state index contributed by atoms with van der Waals surface area (Å²) in [6.07, 6.45) is 4.02. The fourth-order valence-corrected chi connectivity index (χ4v) is 7.22. The number of likely N-dealkylation sites (tertiary alicyclic amines) is 1. The summed E-state index contributed by atoms with van der Waals surface area (Å²) in [5.41, 5.74) is 6.24. The van der Waals surface area contributed by atoms with Gasteiger partial charge in [-0.05, 0) is 55.7 Å². The number of nitrogens with zero attached hydrogens (tertiary/aromatic N) is 4. The van der Waals surface area contributed by atoms with Crippen LogP contribution in [0.25, 0.3) is 11.9 Å². The molecule has 0 spiro atoms. The number of benzene rings is 1. The SMILES string of the molecule is C[C@]1(c2cc(/C=C(\F)c3ccc(C#N)cn3)ccc2F)N=C(N)S[C@@]2(C(=O)N3C[C@@H]4C[C@H]3CO4)C[C@H]21. The van der Waals surface area contributed by atoms with Gasteiger partial charge in [0.25, 0.3) is 0 Å². The van der Waals surface area contributed by atoms with Gasteiger partial charge in [0.15, 0.2) is 5.17 Å². The van der Waals surface area contributed by atoms with Crippen molar-refractivity contribution in [1.29, 1.82) is 5.26 Å². The maximum Gasteiger partial charge on any atom is 0.240 e. The van der Waals surface area contributed by atoms with Crippen molar-refractivity contribution >= 4 is 34.7 Å². The third kappa shape index (κ3) is 3.52. The van der Waals surface area contributed by atoms with Crippen molar-refractivity contribution in [3.8, 4) is 6.07 Å². The lowest BCUT2D eigenvalue weighted by atomic mass is 9.84. The topological polar surface area (TPSA) is 105 Å². The van der Waals surface area contributed by atoms with Gasteiger partial charge >= 0.3 is 0 Å². The van der Waals surface area contributed by atoms with Crippen molar-refractivity contribution in [2.75, 3.05) is 13.2 Å². The highest BCUT2D eigenvalue weighted by Gasteiger charge is 2.72. The number of halogens is 2. The Labute approximate surface area is 211 Å². The number of carbonyl (C=O) groups is 1. The Morgan fingerprint density at radius 2 is 2.22 bits per heavy atom. The minimum Gasteiger partial charge on any atom is -0.378 e. The first kappa shape index (κ1) is 23.1. The van der Waals surface area contributed by atoms with Gasteiger partial charge in [0, 0.05) is 24.2 Å². The van der Waals surface area contributed by atoms with Crippen molar-refractivity contribution in [3.63, 3.8) is 0 Å². The van der Waals surface area contributed by atoms with Crippen LogP contribution in [0.1, 0.15) is 42.1 Å². The molecule has 2 saturated heterocycles. The molecule has 2 aromatic rings. The Morgan fingerprint density at radius 3 is 2.89 bits per heavy atom. The number of nitrogens with two attached hydrogens (primary N) is 1. The Balaban J connectivity index is 1.32. The number of pyridine rings is 1. The largest absolute Gasteiger partial charge is 0.378 e. The molecule has 2 N–H and O–H groups in total. The average molecular weight is 508 g/mol. The van der Waals surface area contributed by atoms with Gasteiger partial charge in [0.1, 0.15) is 22.5 Å². The molecular formula is C26H23F2N5O2S. The smallest absolute Gasteiger partial charge is 0.240 e. The molecule has 6 rings (SSSR count). The highest BCUT2D eigenvalue weighted by molar-refractivity contribution is 8.15. The average Bonchev–Trinajstić information content (AvgIpc) is 3.25. The Kier molecular flexibility index (Phi) is 5.21. The molecular weight excluding hydrogens is 484 g/mol. The third-order valence-electron chi connectivity index (χ3n) is 7.71. The molecule has 0 unspecified atom stereocenters. The van der Waals surface area contributed by atoms with E-state index in [1.165, 1.54) is 48.3 Å². The molecule has 1 aromatic heterocycles. The molecule has 7 nitrogen and oxygen atoms in total. The number of hydrogen-bond donors (Lipinski definition) is 1. The van der Waals surface area contributed by atoms with E-state index in [-0.39, 0.29) is 40.4 Å². The summed E-state index contributed by atoms with van der Waals surface area (Å²) >= 11 is 1.27. The molecule has 1 amide bonds. The Morgan fingerprint density at radius 1 is 1.39 bits per heavy atom. The predicted octanol–water partition coefficient (Wildman–Crippen LogP) is 3.60. The maximum atomic E-state index is 15.2. The standard InChI is InChI=1S/C26H23F2N5O2S/c1-25(18-6-14(2-4-19(18)27)7-20(28)21-5-3-15(10-29)11-31-21)22-9-26(22,36-24(30)32-25)23(34)33-12-17-8-16(33)13-35-17/h2-7,11,16-17,22H,8-9,12-13H2,1H3,(H2,30,32)/b20-7-/t16-,17-,22-,25+,26-/m0/s1. The van der Waals surface area contributed by atoms with Crippen LogP contribution in [0.3, 0.4) is 0 Å². The van der Waals surface area contributed by atoms with E-state index in [9.17, 15) is 9.18 Å². The number of aromatic nitrogens is 1. The van der Waals surface area contributed by atoms with Crippen LogP contribution in [0, 0.1) is 23.1 Å². The minimum absolute atomic E-state index is 0.0202. The van der Waals surface area contributed by atoms with Crippen LogP contribution in [-0.2, 0) is 15.1 Å². The monoisotopic (exact) mass is 507 g/mol. The summed E-state index contributed by atoms with van der Waals surface area (Å²) < 4.78 is 35.0. The van der Waals surface area contributed by atoms with Crippen molar-refractivity contribution < 1.29 is 18.3 Å². The molecule has 1 saturated carbocycles. The van der Waals surface area contributed by atoms with E-state index in [1.807, 2.05) is 11.0 Å². The molecule has 184 valence electrons. The zero-order valence-corrected chi connectivity index (χ0v) is 20.3. The first-order valence-electron chi connectivity index (χ1n) is 11.7. The Bertz CT molecular complexity index is 1370. The molecule has 0 radical (unpaired) electrons. The quantitative estimate of drug-likeness (QED) is 0.678. The van der Waals surface area contributed by atoms with E-state index in [2.05, 4.69) is 9.98 Å². The zero-order valence-electron chi connectivity index (χ0n) is 19.4. The summed E-state index contributed by atoms with van der Waals surface area (Å²) in [5, 5.41) is 9.15. The van der Waals surface area contributed by atoms with Crippen molar-refractivity contribution in [3.05, 3.63) is 64.7 Å². The fourth-order valence-electron chi connectivity index (χ4n) is 5.79. The number of morpholine rings is 1. The number of amidine groups is 1. The molecule has 10 heteroatoms. The highest BCUT2D eigenvalue weighted by Crippen LogP contribution is 2.67. The minimum atomic E-state index is -1.07. The summed E-state index contributed by atoms with van der Waals surface area (Å²) in [4.78, 5) is 24.2.